The van der Waals surface area contributed by atoms with Gasteiger partial charge < -0.3 is 14.7 Å². The number of aromatic nitrogens is 1. The molecule has 0 spiro atoms. The summed E-state index contributed by atoms with van der Waals surface area (Å²) >= 11 is 1.70. The number of aliphatic carboxylic acids is 1. The fraction of sp³-hybridized carbons (Fsp3) is 0.526. The average Bonchev–Trinajstić information content (AvgIpc) is 3.21. The Bertz CT molecular complexity index is 743. The molecule has 1 fully saturated rings. The number of unbranched alkanes of at least 4 members (excludes halogenated alkanes) is 1. The standard InChI is InChI=1S/C19H24N2O4S/c1-25-14-10-13(11-19(23)24)21(12-14)18(22)9-5-4-8-17-20-15-6-2-3-7-16(15)26-17/h2-3,6-7,13-14H,4-5,8-12H2,1H3,(H,23,24). The Morgan fingerprint density at radius 3 is 2.88 bits per heavy atom. The van der Waals surface area contributed by atoms with E-state index < -0.39 is 5.97 Å². The Labute approximate surface area is 156 Å². The number of carbonyl (C=O) groups is 2. The lowest BCUT2D eigenvalue weighted by atomic mass is 10.1. The van der Waals surface area contributed by atoms with Crippen molar-refractivity contribution in [2.45, 2.75) is 50.7 Å². The molecule has 3 rings (SSSR count). The van der Waals surface area contributed by atoms with Gasteiger partial charge in [-0.05, 0) is 37.8 Å². The number of thiazole rings is 1. The summed E-state index contributed by atoms with van der Waals surface area (Å²) in [5.74, 6) is -0.847. The van der Waals surface area contributed by atoms with Crippen LogP contribution in [-0.2, 0) is 20.7 Å². The first-order valence-electron chi connectivity index (χ1n) is 8.95. The predicted molar refractivity (Wildman–Crippen MR) is 100 cm³/mol. The Morgan fingerprint density at radius 1 is 1.35 bits per heavy atom. The second kappa shape index (κ2) is 8.60. The van der Waals surface area contributed by atoms with Gasteiger partial charge in [0.1, 0.15) is 0 Å². The number of carboxylic acids is 1. The van der Waals surface area contributed by atoms with E-state index in [2.05, 4.69) is 11.1 Å². The van der Waals surface area contributed by atoms with E-state index in [4.69, 9.17) is 9.84 Å². The van der Waals surface area contributed by atoms with Gasteiger partial charge in [0.05, 0.1) is 27.7 Å². The fourth-order valence-corrected chi connectivity index (χ4v) is 4.48. The van der Waals surface area contributed by atoms with E-state index in [0.29, 0.717) is 19.4 Å². The van der Waals surface area contributed by atoms with Gasteiger partial charge in [-0.25, -0.2) is 4.98 Å². The number of fused-ring (bicyclic) bond motifs is 1. The summed E-state index contributed by atoms with van der Waals surface area (Å²) in [6.07, 6.45) is 3.51. The molecule has 0 radical (unpaired) electrons. The summed E-state index contributed by atoms with van der Waals surface area (Å²) in [6.45, 7) is 0.491. The van der Waals surface area contributed by atoms with Crippen LogP contribution in [0.3, 0.4) is 0 Å². The van der Waals surface area contributed by atoms with Crippen LogP contribution in [0.5, 0.6) is 0 Å². The molecule has 2 unspecified atom stereocenters. The predicted octanol–water partition coefficient (Wildman–Crippen LogP) is 3.10. The highest BCUT2D eigenvalue weighted by atomic mass is 32.1. The van der Waals surface area contributed by atoms with E-state index in [1.54, 1.807) is 23.3 Å². The van der Waals surface area contributed by atoms with Crippen LogP contribution in [0.25, 0.3) is 10.2 Å². The van der Waals surface area contributed by atoms with Gasteiger partial charge in [0.2, 0.25) is 5.91 Å². The average molecular weight is 376 g/mol. The Morgan fingerprint density at radius 2 is 2.15 bits per heavy atom. The van der Waals surface area contributed by atoms with Crippen molar-refractivity contribution in [3.63, 3.8) is 0 Å². The van der Waals surface area contributed by atoms with Gasteiger partial charge in [-0.1, -0.05) is 12.1 Å². The third-order valence-corrected chi connectivity index (χ3v) is 5.91. The molecule has 0 aliphatic carbocycles. The van der Waals surface area contributed by atoms with Crippen LogP contribution in [0.2, 0.25) is 0 Å². The number of rotatable bonds is 8. The number of amides is 1. The number of methoxy groups -OCH3 is 1. The summed E-state index contributed by atoms with van der Waals surface area (Å²) in [6, 6.07) is 7.83. The molecule has 1 aromatic heterocycles. The first kappa shape index (κ1) is 18.8. The number of ether oxygens (including phenoxy) is 1. The largest absolute Gasteiger partial charge is 0.481 e. The van der Waals surface area contributed by atoms with Crippen LogP contribution in [0, 0.1) is 0 Å². The van der Waals surface area contributed by atoms with Crippen molar-refractivity contribution in [2.75, 3.05) is 13.7 Å². The zero-order chi connectivity index (χ0) is 18.5. The lowest BCUT2D eigenvalue weighted by molar-refractivity contribution is -0.139. The summed E-state index contributed by atoms with van der Waals surface area (Å²) < 4.78 is 6.51. The number of hydrogen-bond acceptors (Lipinski definition) is 5. The molecule has 6 nitrogen and oxygen atoms in total. The summed E-state index contributed by atoms with van der Waals surface area (Å²) in [4.78, 5) is 29.8. The molecule has 7 heteroatoms. The number of carboxylic acid groups (broad SMARTS) is 1. The Hall–Kier alpha value is -1.99. The minimum atomic E-state index is -0.875. The quantitative estimate of drug-likeness (QED) is 0.716. The second-order valence-corrected chi connectivity index (χ2v) is 7.79. The Balaban J connectivity index is 1.47. The molecule has 1 aromatic carbocycles. The minimum Gasteiger partial charge on any atom is -0.481 e. The maximum atomic E-state index is 12.5. The van der Waals surface area contributed by atoms with E-state index in [9.17, 15) is 9.59 Å². The van der Waals surface area contributed by atoms with Crippen LogP contribution in [-0.4, -0.2) is 52.7 Å². The molecule has 0 bridgehead atoms. The van der Waals surface area contributed by atoms with Crippen molar-refractivity contribution in [1.82, 2.24) is 9.88 Å². The van der Waals surface area contributed by atoms with Gasteiger partial charge >= 0.3 is 5.97 Å². The van der Waals surface area contributed by atoms with Crippen molar-refractivity contribution < 1.29 is 19.4 Å². The normalized spacial score (nSPS) is 20.0. The van der Waals surface area contributed by atoms with E-state index in [-0.39, 0.29) is 24.5 Å². The van der Waals surface area contributed by atoms with Crippen molar-refractivity contribution in [3.8, 4) is 0 Å². The van der Waals surface area contributed by atoms with Gasteiger partial charge in [0.25, 0.3) is 0 Å². The molecule has 2 heterocycles. The van der Waals surface area contributed by atoms with E-state index in [1.807, 2.05) is 18.2 Å². The lowest BCUT2D eigenvalue weighted by Crippen LogP contribution is -2.37. The highest BCUT2D eigenvalue weighted by molar-refractivity contribution is 7.18. The Kier molecular flexibility index (Phi) is 6.21. The highest BCUT2D eigenvalue weighted by Gasteiger charge is 2.36. The smallest absolute Gasteiger partial charge is 0.305 e. The second-order valence-electron chi connectivity index (χ2n) is 6.67. The topological polar surface area (TPSA) is 79.7 Å². The monoisotopic (exact) mass is 376 g/mol. The van der Waals surface area contributed by atoms with E-state index in [0.717, 1.165) is 29.8 Å². The number of aryl methyl sites for hydroxylation is 1. The molecule has 2 atom stereocenters. The van der Waals surface area contributed by atoms with E-state index in [1.165, 1.54) is 4.70 Å². The van der Waals surface area contributed by atoms with Gasteiger partial charge in [-0.15, -0.1) is 11.3 Å². The van der Waals surface area contributed by atoms with Crippen molar-refractivity contribution in [2.24, 2.45) is 0 Å². The van der Waals surface area contributed by atoms with Crippen LogP contribution >= 0.6 is 11.3 Å². The number of para-hydroxylation sites is 1. The van der Waals surface area contributed by atoms with Crippen LogP contribution in [0.4, 0.5) is 0 Å². The van der Waals surface area contributed by atoms with Crippen molar-refractivity contribution in [1.29, 1.82) is 0 Å². The molecule has 2 aromatic rings. The molecule has 1 saturated heterocycles. The molecule has 26 heavy (non-hydrogen) atoms. The third-order valence-electron chi connectivity index (χ3n) is 4.81. The molecule has 1 aliphatic rings. The molecule has 140 valence electrons. The first-order valence-corrected chi connectivity index (χ1v) is 9.77. The fourth-order valence-electron chi connectivity index (χ4n) is 3.47. The van der Waals surface area contributed by atoms with Gasteiger partial charge in [0.15, 0.2) is 0 Å². The van der Waals surface area contributed by atoms with Gasteiger partial charge in [-0.3, -0.25) is 9.59 Å². The molecule has 1 N–H and O–H groups in total. The van der Waals surface area contributed by atoms with E-state index >= 15 is 0 Å². The van der Waals surface area contributed by atoms with Crippen LogP contribution < -0.4 is 0 Å². The zero-order valence-corrected chi connectivity index (χ0v) is 15.7. The molecule has 0 saturated carbocycles. The van der Waals surface area contributed by atoms with Gasteiger partial charge in [-0.2, -0.15) is 0 Å². The number of hydrogen-bond donors (Lipinski definition) is 1. The van der Waals surface area contributed by atoms with Crippen molar-refractivity contribution >= 4 is 33.4 Å². The molecule has 1 aliphatic heterocycles. The molecular weight excluding hydrogens is 352 g/mol. The maximum Gasteiger partial charge on any atom is 0.305 e. The van der Waals surface area contributed by atoms with Gasteiger partial charge in [0, 0.05) is 26.1 Å². The van der Waals surface area contributed by atoms with Crippen molar-refractivity contribution in [3.05, 3.63) is 29.3 Å². The zero-order valence-electron chi connectivity index (χ0n) is 14.9. The molecular formula is C19H24N2O4S. The SMILES string of the molecule is COC1CC(CC(=O)O)N(C(=O)CCCCc2nc3ccccc3s2)C1. The number of carbonyl (C=O) groups excluding carboxylic acids is 1. The maximum absolute atomic E-state index is 12.5. The molecule has 1 amide bonds. The minimum absolute atomic E-state index is 0.0166. The summed E-state index contributed by atoms with van der Waals surface area (Å²) in [5.41, 5.74) is 1.03. The first-order chi connectivity index (χ1) is 12.6. The number of likely N-dealkylation sites (tertiary alicyclic amines) is 1. The summed E-state index contributed by atoms with van der Waals surface area (Å²) in [5, 5.41) is 10.1. The third kappa shape index (κ3) is 4.59. The van der Waals surface area contributed by atoms with Crippen LogP contribution in [0.15, 0.2) is 24.3 Å². The van der Waals surface area contributed by atoms with Crippen LogP contribution in [0.1, 0.15) is 37.1 Å². The summed E-state index contributed by atoms with van der Waals surface area (Å²) in [7, 11) is 1.61. The lowest BCUT2D eigenvalue weighted by Gasteiger charge is -2.23. The highest BCUT2D eigenvalue weighted by Crippen LogP contribution is 2.25. The number of nitrogens with zero attached hydrogens (tertiary/aromatic N) is 2. The number of benzene rings is 1.